The maximum Gasteiger partial charge on any atom is 0.242 e. The Balaban J connectivity index is 1.76. The highest BCUT2D eigenvalue weighted by atomic mass is 32.2. The number of rotatable bonds is 9. The highest BCUT2D eigenvalue weighted by molar-refractivity contribution is 7.89. The van der Waals surface area contributed by atoms with Gasteiger partial charge in [0.25, 0.3) is 0 Å². The smallest absolute Gasteiger partial charge is 0.242 e. The number of hydrogen-bond donors (Lipinski definition) is 1. The minimum absolute atomic E-state index is 0.0348. The summed E-state index contributed by atoms with van der Waals surface area (Å²) in [7, 11) is -2.23. The molecule has 0 radical (unpaired) electrons. The Morgan fingerprint density at radius 3 is 2.37 bits per heavy atom. The number of carbonyl (C=O) groups excluding carboxylic acids is 1. The van der Waals surface area contributed by atoms with Crippen LogP contribution in [-0.2, 0) is 14.8 Å². The minimum atomic E-state index is -3.68. The zero-order valence-corrected chi connectivity index (χ0v) is 16.4. The van der Waals surface area contributed by atoms with E-state index in [0.717, 1.165) is 17.7 Å². The van der Waals surface area contributed by atoms with Gasteiger partial charge in [-0.2, -0.15) is 0 Å². The fourth-order valence-electron chi connectivity index (χ4n) is 2.62. The summed E-state index contributed by atoms with van der Waals surface area (Å²) < 4.78 is 38.9. The predicted octanol–water partition coefficient (Wildman–Crippen LogP) is 3.15. The molecule has 27 heavy (non-hydrogen) atoms. The van der Waals surface area contributed by atoms with Gasteiger partial charge in [0.15, 0.2) is 0 Å². The van der Waals surface area contributed by atoms with Crippen molar-refractivity contribution < 1.29 is 17.6 Å². The molecule has 146 valence electrons. The number of amides is 1. The third-order valence-corrected chi connectivity index (χ3v) is 6.24. The fraction of sp³-hybridized carbons (Fsp3) is 0.350. The molecule has 0 heterocycles. The lowest BCUT2D eigenvalue weighted by Crippen LogP contribution is -2.30. The van der Waals surface area contributed by atoms with E-state index in [1.54, 1.807) is 0 Å². The number of halogens is 1. The lowest BCUT2D eigenvalue weighted by molar-refractivity contribution is -0.121. The Morgan fingerprint density at radius 1 is 1.11 bits per heavy atom. The van der Waals surface area contributed by atoms with E-state index in [1.807, 2.05) is 37.3 Å². The monoisotopic (exact) mass is 392 g/mol. The van der Waals surface area contributed by atoms with Gasteiger partial charge in [0.2, 0.25) is 15.9 Å². The van der Waals surface area contributed by atoms with Crippen LogP contribution in [0.25, 0.3) is 0 Å². The second kappa shape index (κ2) is 9.62. The molecular weight excluding hydrogens is 367 g/mol. The van der Waals surface area contributed by atoms with E-state index in [2.05, 4.69) is 5.32 Å². The first-order chi connectivity index (χ1) is 12.8. The lowest BCUT2D eigenvalue weighted by atomic mass is 10.0. The van der Waals surface area contributed by atoms with Gasteiger partial charge in [-0.05, 0) is 42.2 Å². The highest BCUT2D eigenvalue weighted by Gasteiger charge is 2.20. The maximum atomic E-state index is 13.0. The second-order valence-corrected chi connectivity index (χ2v) is 8.54. The number of hydrogen-bond acceptors (Lipinski definition) is 3. The van der Waals surface area contributed by atoms with Crippen LogP contribution < -0.4 is 5.32 Å². The zero-order valence-electron chi connectivity index (χ0n) is 15.6. The molecule has 1 unspecified atom stereocenters. The van der Waals surface area contributed by atoms with Crippen molar-refractivity contribution in [2.45, 2.75) is 30.6 Å². The molecule has 0 aliphatic heterocycles. The van der Waals surface area contributed by atoms with E-state index >= 15 is 0 Å². The van der Waals surface area contributed by atoms with Crippen LogP contribution in [0.2, 0.25) is 0 Å². The summed E-state index contributed by atoms with van der Waals surface area (Å²) in [5, 5.41) is 2.88. The van der Waals surface area contributed by atoms with Crippen LogP contribution in [0.1, 0.15) is 31.2 Å². The molecule has 0 aliphatic carbocycles. The van der Waals surface area contributed by atoms with Gasteiger partial charge in [-0.1, -0.05) is 37.3 Å². The molecule has 2 aromatic rings. The van der Waals surface area contributed by atoms with Crippen LogP contribution in [0.3, 0.4) is 0 Å². The van der Waals surface area contributed by atoms with Crippen LogP contribution in [0.4, 0.5) is 4.39 Å². The van der Waals surface area contributed by atoms with Gasteiger partial charge >= 0.3 is 0 Å². The molecule has 0 fully saturated rings. The van der Waals surface area contributed by atoms with Gasteiger partial charge in [0, 0.05) is 26.6 Å². The van der Waals surface area contributed by atoms with Crippen LogP contribution >= 0.6 is 0 Å². The Kier molecular flexibility index (Phi) is 7.50. The highest BCUT2D eigenvalue weighted by Crippen LogP contribution is 2.16. The van der Waals surface area contributed by atoms with Gasteiger partial charge in [0.1, 0.15) is 5.82 Å². The summed E-state index contributed by atoms with van der Waals surface area (Å²) >= 11 is 0. The molecule has 0 bridgehead atoms. The molecule has 1 atom stereocenters. The van der Waals surface area contributed by atoms with E-state index in [0.29, 0.717) is 13.0 Å². The largest absolute Gasteiger partial charge is 0.356 e. The molecule has 7 heteroatoms. The first-order valence-corrected chi connectivity index (χ1v) is 10.3. The zero-order chi connectivity index (χ0) is 19.9. The topological polar surface area (TPSA) is 66.5 Å². The average Bonchev–Trinajstić information content (AvgIpc) is 2.67. The van der Waals surface area contributed by atoms with Crippen molar-refractivity contribution in [1.82, 2.24) is 9.62 Å². The molecule has 0 spiro atoms. The van der Waals surface area contributed by atoms with E-state index in [9.17, 15) is 17.6 Å². The first-order valence-electron chi connectivity index (χ1n) is 8.84. The van der Waals surface area contributed by atoms with Crippen molar-refractivity contribution in [3.05, 3.63) is 66.0 Å². The van der Waals surface area contributed by atoms with E-state index in [4.69, 9.17) is 0 Å². The Morgan fingerprint density at radius 2 is 1.74 bits per heavy atom. The summed E-state index contributed by atoms with van der Waals surface area (Å²) in [6, 6.07) is 14.6. The lowest BCUT2D eigenvalue weighted by Gasteiger charge is -2.17. The van der Waals surface area contributed by atoms with Crippen LogP contribution in [0.15, 0.2) is 59.5 Å². The Labute approximate surface area is 160 Å². The van der Waals surface area contributed by atoms with Gasteiger partial charge in [-0.3, -0.25) is 4.79 Å². The fourth-order valence-corrected chi connectivity index (χ4v) is 3.83. The molecule has 0 aliphatic rings. The summed E-state index contributed by atoms with van der Waals surface area (Å²) in [5.74, 6) is -0.389. The van der Waals surface area contributed by atoms with Gasteiger partial charge in [0.05, 0.1) is 4.90 Å². The molecule has 5 nitrogen and oxygen atoms in total. The van der Waals surface area contributed by atoms with Crippen molar-refractivity contribution in [3.63, 3.8) is 0 Å². The quantitative estimate of drug-likeness (QED) is 0.713. The van der Waals surface area contributed by atoms with Crippen LogP contribution in [-0.4, -0.2) is 38.8 Å². The summed E-state index contributed by atoms with van der Waals surface area (Å²) in [6.07, 6.45) is 0.646. The molecule has 1 N–H and O–H groups in total. The molecule has 0 saturated heterocycles. The van der Waals surface area contributed by atoms with Crippen molar-refractivity contribution in [3.8, 4) is 0 Å². The Hall–Kier alpha value is -2.25. The van der Waals surface area contributed by atoms with Crippen molar-refractivity contribution in [2.75, 3.05) is 20.1 Å². The van der Waals surface area contributed by atoms with E-state index in [1.165, 1.54) is 23.5 Å². The van der Waals surface area contributed by atoms with E-state index < -0.39 is 15.8 Å². The molecule has 2 aromatic carbocycles. The predicted molar refractivity (Wildman–Crippen MR) is 103 cm³/mol. The van der Waals surface area contributed by atoms with E-state index in [-0.39, 0.29) is 29.7 Å². The number of nitrogens with zero attached hydrogens (tertiary/aromatic N) is 1. The summed E-state index contributed by atoms with van der Waals surface area (Å²) in [5.41, 5.74) is 1.16. The molecule has 2 rings (SSSR count). The summed E-state index contributed by atoms with van der Waals surface area (Å²) in [6.45, 7) is 2.78. The molecule has 1 amide bonds. The first kappa shape index (κ1) is 21.1. The Bertz CT molecular complexity index is 839. The van der Waals surface area contributed by atoms with Crippen LogP contribution in [0, 0.1) is 5.82 Å². The standard InChI is InChI=1S/C20H25FN2O3S/c1-16(17-7-4-3-5-8-17)15-22-20(24)9-6-14-23(2)27(25,26)19-12-10-18(21)11-13-19/h3-5,7-8,10-13,16H,6,9,14-15H2,1-2H3,(H,22,24). The maximum absolute atomic E-state index is 13.0. The average molecular weight is 392 g/mol. The van der Waals surface area contributed by atoms with Gasteiger partial charge in [-0.25, -0.2) is 17.1 Å². The molecule has 0 aromatic heterocycles. The van der Waals surface area contributed by atoms with Crippen molar-refractivity contribution in [1.29, 1.82) is 0 Å². The van der Waals surface area contributed by atoms with Crippen LogP contribution in [0.5, 0.6) is 0 Å². The number of carbonyl (C=O) groups is 1. The van der Waals surface area contributed by atoms with Gasteiger partial charge in [-0.15, -0.1) is 0 Å². The SMILES string of the molecule is CC(CNC(=O)CCCN(C)S(=O)(=O)c1ccc(F)cc1)c1ccccc1. The third kappa shape index (κ3) is 6.15. The second-order valence-electron chi connectivity index (χ2n) is 6.50. The normalized spacial score (nSPS) is 12.7. The molecular formula is C20H25FN2O3S. The number of nitrogens with one attached hydrogen (secondary N) is 1. The van der Waals surface area contributed by atoms with Gasteiger partial charge < -0.3 is 5.32 Å². The molecule has 0 saturated carbocycles. The number of sulfonamides is 1. The third-order valence-electron chi connectivity index (χ3n) is 4.37. The summed E-state index contributed by atoms with van der Waals surface area (Å²) in [4.78, 5) is 12.0. The van der Waals surface area contributed by atoms with Crippen molar-refractivity contribution >= 4 is 15.9 Å². The van der Waals surface area contributed by atoms with Crippen molar-refractivity contribution in [2.24, 2.45) is 0 Å². The number of benzene rings is 2. The minimum Gasteiger partial charge on any atom is -0.356 e.